The van der Waals surface area contributed by atoms with Crippen LogP contribution in [-0.4, -0.2) is 21.6 Å². The number of aromatic hydroxyl groups is 1. The maximum Gasteiger partial charge on any atom is 0.133 e. The summed E-state index contributed by atoms with van der Waals surface area (Å²) in [7, 11) is 0. The molecule has 4 aliphatic rings. The number of para-hydroxylation sites is 1. The van der Waals surface area contributed by atoms with Crippen LogP contribution in [0.3, 0.4) is 0 Å². The SMILES string of the molecule is CC(=O)[C@H]1CC[C@H]2[C@@H]3CC[C@@H]4C[C@@](O)(CCc5ccccc5O)CC[C@]4(C)[C@H]3CC[C@]12C. The molecule has 3 nitrogen and oxygen atoms in total. The number of hydrogen-bond acceptors (Lipinski definition) is 3. The molecule has 4 saturated carbocycles. The molecule has 8 atom stereocenters. The Bertz CT molecular complexity index is 879. The number of phenols is 1. The summed E-state index contributed by atoms with van der Waals surface area (Å²) >= 11 is 0. The van der Waals surface area contributed by atoms with E-state index in [4.69, 9.17) is 0 Å². The molecule has 0 radical (unpaired) electrons. The summed E-state index contributed by atoms with van der Waals surface area (Å²) in [5, 5.41) is 21.7. The van der Waals surface area contributed by atoms with E-state index < -0.39 is 5.60 Å². The lowest BCUT2D eigenvalue weighted by atomic mass is 9.43. The van der Waals surface area contributed by atoms with Crippen LogP contribution < -0.4 is 0 Å². The highest BCUT2D eigenvalue weighted by atomic mass is 16.3. The van der Waals surface area contributed by atoms with Crippen LogP contribution in [0.4, 0.5) is 0 Å². The van der Waals surface area contributed by atoms with Crippen molar-refractivity contribution >= 4 is 5.78 Å². The molecule has 0 amide bonds. The number of ketones is 1. The minimum absolute atomic E-state index is 0.225. The molecule has 1 aromatic rings. The van der Waals surface area contributed by atoms with E-state index in [0.29, 0.717) is 22.9 Å². The van der Waals surface area contributed by atoms with Crippen molar-refractivity contribution in [3.8, 4) is 5.75 Å². The van der Waals surface area contributed by atoms with Crippen LogP contribution in [0.5, 0.6) is 5.75 Å². The first-order valence-electron chi connectivity index (χ1n) is 13.2. The molecule has 0 spiro atoms. The molecule has 176 valence electrons. The number of hydrogen-bond donors (Lipinski definition) is 2. The van der Waals surface area contributed by atoms with Gasteiger partial charge in [0.25, 0.3) is 0 Å². The molecule has 4 fully saturated rings. The lowest BCUT2D eigenvalue weighted by molar-refractivity contribution is -0.154. The van der Waals surface area contributed by atoms with Crippen molar-refractivity contribution < 1.29 is 15.0 Å². The summed E-state index contributed by atoms with van der Waals surface area (Å²) in [6, 6.07) is 7.55. The van der Waals surface area contributed by atoms with Gasteiger partial charge >= 0.3 is 0 Å². The Balaban J connectivity index is 1.30. The van der Waals surface area contributed by atoms with Crippen molar-refractivity contribution in [2.24, 2.45) is 40.4 Å². The van der Waals surface area contributed by atoms with E-state index in [1.165, 1.54) is 32.1 Å². The first kappa shape index (κ1) is 22.4. The van der Waals surface area contributed by atoms with Gasteiger partial charge in [0.1, 0.15) is 11.5 Å². The molecule has 0 heterocycles. The molecule has 4 aliphatic carbocycles. The smallest absolute Gasteiger partial charge is 0.133 e. The third-order valence-electron chi connectivity index (χ3n) is 11.2. The number of benzene rings is 1. The van der Waals surface area contributed by atoms with E-state index in [-0.39, 0.29) is 11.3 Å². The summed E-state index contributed by atoms with van der Waals surface area (Å²) in [5.41, 5.74) is 0.907. The summed E-state index contributed by atoms with van der Waals surface area (Å²) in [6.45, 7) is 6.79. The van der Waals surface area contributed by atoms with Gasteiger partial charge in [0, 0.05) is 5.92 Å². The monoisotopic (exact) mass is 438 g/mol. The third kappa shape index (κ3) is 3.45. The van der Waals surface area contributed by atoms with Gasteiger partial charge in [-0.3, -0.25) is 4.79 Å². The molecule has 1 aromatic carbocycles. The van der Waals surface area contributed by atoms with E-state index in [1.54, 1.807) is 6.07 Å². The van der Waals surface area contributed by atoms with E-state index in [2.05, 4.69) is 13.8 Å². The number of rotatable bonds is 4. The molecule has 32 heavy (non-hydrogen) atoms. The summed E-state index contributed by atoms with van der Waals surface area (Å²) < 4.78 is 0. The topological polar surface area (TPSA) is 57.5 Å². The van der Waals surface area contributed by atoms with E-state index in [0.717, 1.165) is 61.8 Å². The first-order chi connectivity index (χ1) is 15.2. The number of phenolic OH excluding ortho intramolecular Hbond substituents is 1. The van der Waals surface area contributed by atoms with Gasteiger partial charge in [-0.25, -0.2) is 0 Å². The molecule has 0 aromatic heterocycles. The van der Waals surface area contributed by atoms with Gasteiger partial charge in [-0.05, 0) is 124 Å². The molecule has 2 N–H and O–H groups in total. The predicted molar refractivity (Wildman–Crippen MR) is 127 cm³/mol. The van der Waals surface area contributed by atoms with Crippen LogP contribution in [0.25, 0.3) is 0 Å². The maximum absolute atomic E-state index is 12.4. The lowest BCUT2D eigenvalue weighted by Gasteiger charge is -2.62. The summed E-state index contributed by atoms with van der Waals surface area (Å²) in [6.07, 6.45) is 11.7. The fourth-order valence-electron chi connectivity index (χ4n) is 9.31. The van der Waals surface area contributed by atoms with Crippen molar-refractivity contribution in [2.45, 2.75) is 97.0 Å². The molecule has 0 unspecified atom stereocenters. The second-order valence-electron chi connectivity index (χ2n) is 12.5. The fourth-order valence-corrected chi connectivity index (χ4v) is 9.31. The summed E-state index contributed by atoms with van der Waals surface area (Å²) in [5.74, 6) is 3.89. The van der Waals surface area contributed by atoms with Crippen LogP contribution >= 0.6 is 0 Å². The zero-order valence-corrected chi connectivity index (χ0v) is 20.3. The number of aryl methyl sites for hydroxylation is 1. The van der Waals surface area contributed by atoms with Gasteiger partial charge in [-0.15, -0.1) is 0 Å². The van der Waals surface area contributed by atoms with Gasteiger partial charge in [-0.2, -0.15) is 0 Å². The second kappa shape index (κ2) is 7.86. The average molecular weight is 439 g/mol. The van der Waals surface area contributed by atoms with Crippen molar-refractivity contribution in [3.05, 3.63) is 29.8 Å². The van der Waals surface area contributed by atoms with Crippen LogP contribution in [0, 0.1) is 40.4 Å². The van der Waals surface area contributed by atoms with Crippen LogP contribution in [0.1, 0.15) is 90.5 Å². The minimum atomic E-state index is -0.602. The Morgan fingerprint density at radius 1 is 0.969 bits per heavy atom. The highest BCUT2D eigenvalue weighted by molar-refractivity contribution is 5.79. The Labute approximate surface area is 194 Å². The largest absolute Gasteiger partial charge is 0.508 e. The van der Waals surface area contributed by atoms with E-state index in [9.17, 15) is 15.0 Å². The highest BCUT2D eigenvalue weighted by Crippen LogP contribution is 2.68. The first-order valence-corrected chi connectivity index (χ1v) is 13.2. The van der Waals surface area contributed by atoms with Crippen molar-refractivity contribution in [3.63, 3.8) is 0 Å². The van der Waals surface area contributed by atoms with Gasteiger partial charge < -0.3 is 10.2 Å². The number of aliphatic hydroxyl groups is 1. The number of carbonyl (C=O) groups excluding carboxylic acids is 1. The normalized spacial score (nSPS) is 45.6. The van der Waals surface area contributed by atoms with Crippen LogP contribution in [0.2, 0.25) is 0 Å². The highest BCUT2D eigenvalue weighted by Gasteiger charge is 2.61. The third-order valence-corrected chi connectivity index (χ3v) is 11.2. The Morgan fingerprint density at radius 2 is 1.72 bits per heavy atom. The average Bonchev–Trinajstić information content (AvgIpc) is 3.11. The lowest BCUT2D eigenvalue weighted by Crippen LogP contribution is -2.56. The van der Waals surface area contributed by atoms with Crippen LogP contribution in [0.15, 0.2) is 24.3 Å². The minimum Gasteiger partial charge on any atom is -0.508 e. The Morgan fingerprint density at radius 3 is 2.47 bits per heavy atom. The Kier molecular flexibility index (Phi) is 5.51. The van der Waals surface area contributed by atoms with E-state index in [1.807, 2.05) is 25.1 Å². The number of carbonyl (C=O) groups is 1. The number of Topliss-reactive ketones (excluding diaryl/α,β-unsaturated/α-hetero) is 1. The molecular formula is C29H42O3. The molecule has 0 aliphatic heterocycles. The van der Waals surface area contributed by atoms with Gasteiger partial charge in [-0.1, -0.05) is 32.0 Å². The van der Waals surface area contributed by atoms with Gasteiger partial charge in [0.15, 0.2) is 0 Å². The molecular weight excluding hydrogens is 396 g/mol. The zero-order valence-electron chi connectivity index (χ0n) is 20.3. The quantitative estimate of drug-likeness (QED) is 0.580. The molecule has 0 bridgehead atoms. The zero-order chi connectivity index (χ0) is 22.7. The second-order valence-corrected chi connectivity index (χ2v) is 12.5. The molecule has 0 saturated heterocycles. The molecule has 5 rings (SSSR count). The van der Waals surface area contributed by atoms with E-state index >= 15 is 0 Å². The van der Waals surface area contributed by atoms with Gasteiger partial charge in [0.2, 0.25) is 0 Å². The van der Waals surface area contributed by atoms with Crippen molar-refractivity contribution in [1.29, 1.82) is 0 Å². The van der Waals surface area contributed by atoms with Crippen LogP contribution in [-0.2, 0) is 11.2 Å². The molecule has 3 heteroatoms. The summed E-state index contributed by atoms with van der Waals surface area (Å²) in [4.78, 5) is 12.4. The standard InChI is InChI=1S/C29H42O3/c1-19(30)23-10-11-24-22-9-8-21-18-29(32,15-12-20-6-4-5-7-26(20)31)17-16-27(21,2)25(22)13-14-28(23,24)3/h4-7,21-25,31-32H,8-18H2,1-3H3/t21-,22+,23-,24+,25+,27+,28-,29-/m1/s1. The van der Waals surface area contributed by atoms with Gasteiger partial charge in [0.05, 0.1) is 5.60 Å². The maximum atomic E-state index is 12.4. The predicted octanol–water partition coefficient (Wildman–Crippen LogP) is 6.30. The number of fused-ring (bicyclic) bond motifs is 5. The Hall–Kier alpha value is -1.35. The van der Waals surface area contributed by atoms with Crippen molar-refractivity contribution in [1.82, 2.24) is 0 Å². The fraction of sp³-hybridized carbons (Fsp3) is 0.759. The van der Waals surface area contributed by atoms with Crippen molar-refractivity contribution in [2.75, 3.05) is 0 Å².